The van der Waals surface area contributed by atoms with E-state index >= 15 is 0 Å². The van der Waals surface area contributed by atoms with Gasteiger partial charge in [-0.15, -0.1) is 0 Å². The fraction of sp³-hybridized carbons (Fsp3) is 0.364. The van der Waals surface area contributed by atoms with Gasteiger partial charge in [-0.2, -0.15) is 0 Å². The average Bonchev–Trinajstić information content (AvgIpc) is 2.23. The molecule has 1 heterocycles. The monoisotopic (exact) mass is 208 g/mol. The Labute approximate surface area is 87.5 Å². The minimum absolute atomic E-state index is 0.0297. The van der Waals surface area contributed by atoms with Gasteiger partial charge in [0.2, 0.25) is 5.91 Å². The third kappa shape index (κ3) is 2.15. The summed E-state index contributed by atoms with van der Waals surface area (Å²) in [4.78, 5) is 11.3. The lowest BCUT2D eigenvalue weighted by Gasteiger charge is -2.27. The number of rotatable bonds is 1. The van der Waals surface area contributed by atoms with Crippen LogP contribution in [0.3, 0.4) is 0 Å². The van der Waals surface area contributed by atoms with Crippen LogP contribution in [-0.4, -0.2) is 11.9 Å². The van der Waals surface area contributed by atoms with Crippen molar-refractivity contribution in [2.75, 3.05) is 0 Å². The Kier molecular flexibility index (Phi) is 2.68. The summed E-state index contributed by atoms with van der Waals surface area (Å²) in [5, 5.41) is 2.82. The Morgan fingerprint density at radius 2 is 1.93 bits per heavy atom. The summed E-state index contributed by atoms with van der Waals surface area (Å²) in [6.07, 6.45) is 1.48. The summed E-state index contributed by atoms with van der Waals surface area (Å²) >= 11 is 0. The molecule has 4 heteroatoms. The Morgan fingerprint density at radius 1 is 1.27 bits per heavy atom. The number of amides is 1. The molecule has 1 aliphatic rings. The van der Waals surface area contributed by atoms with E-state index in [0.29, 0.717) is 6.42 Å². The van der Waals surface area contributed by atoms with E-state index in [0.717, 1.165) is 12.0 Å². The lowest BCUT2D eigenvalue weighted by molar-refractivity contribution is -0.124. The SMILES string of the molecule is NC1CCC(c2ccc(F)cc2)NC1=O. The molecule has 0 saturated carbocycles. The van der Waals surface area contributed by atoms with Crippen LogP contribution in [0, 0.1) is 5.82 Å². The molecule has 2 unspecified atom stereocenters. The normalized spacial score (nSPS) is 26.1. The maximum absolute atomic E-state index is 12.7. The molecule has 0 aliphatic carbocycles. The number of nitrogens with one attached hydrogen (secondary N) is 1. The van der Waals surface area contributed by atoms with Crippen LogP contribution in [0.2, 0.25) is 0 Å². The summed E-state index contributed by atoms with van der Waals surface area (Å²) in [6.45, 7) is 0. The van der Waals surface area contributed by atoms with Crippen molar-refractivity contribution in [1.29, 1.82) is 0 Å². The van der Waals surface area contributed by atoms with E-state index in [1.807, 2.05) is 0 Å². The summed E-state index contributed by atoms with van der Waals surface area (Å²) < 4.78 is 12.7. The second-order valence-electron chi connectivity index (χ2n) is 3.80. The summed E-state index contributed by atoms with van der Waals surface area (Å²) in [6, 6.07) is 5.75. The van der Waals surface area contributed by atoms with Crippen LogP contribution in [0.4, 0.5) is 4.39 Å². The van der Waals surface area contributed by atoms with Gasteiger partial charge in [-0.3, -0.25) is 4.79 Å². The van der Waals surface area contributed by atoms with Crippen LogP contribution in [0.15, 0.2) is 24.3 Å². The summed E-state index contributed by atoms with van der Waals surface area (Å²) in [7, 11) is 0. The molecular weight excluding hydrogens is 195 g/mol. The third-order valence-electron chi connectivity index (χ3n) is 2.69. The van der Waals surface area contributed by atoms with Gasteiger partial charge < -0.3 is 11.1 Å². The molecule has 1 amide bonds. The van der Waals surface area contributed by atoms with E-state index in [1.54, 1.807) is 12.1 Å². The highest BCUT2D eigenvalue weighted by atomic mass is 19.1. The van der Waals surface area contributed by atoms with Crippen molar-refractivity contribution in [2.45, 2.75) is 24.9 Å². The molecule has 2 atom stereocenters. The Hall–Kier alpha value is -1.42. The standard InChI is InChI=1S/C11H13FN2O/c12-8-3-1-7(2-4-8)10-6-5-9(13)11(15)14-10/h1-4,9-10H,5-6,13H2,(H,14,15). The van der Waals surface area contributed by atoms with Crippen LogP contribution in [0.25, 0.3) is 0 Å². The van der Waals surface area contributed by atoms with Gasteiger partial charge in [0.25, 0.3) is 0 Å². The van der Waals surface area contributed by atoms with Gasteiger partial charge in [0, 0.05) is 0 Å². The van der Waals surface area contributed by atoms with Crippen LogP contribution in [-0.2, 0) is 4.79 Å². The van der Waals surface area contributed by atoms with Crippen LogP contribution in [0.5, 0.6) is 0 Å². The largest absolute Gasteiger partial charge is 0.348 e. The topological polar surface area (TPSA) is 55.1 Å². The second-order valence-corrected chi connectivity index (χ2v) is 3.80. The number of nitrogens with two attached hydrogens (primary N) is 1. The fourth-order valence-electron chi connectivity index (χ4n) is 1.77. The fourth-order valence-corrected chi connectivity index (χ4v) is 1.77. The summed E-state index contributed by atoms with van der Waals surface area (Å²) in [5.41, 5.74) is 6.50. The first kappa shape index (κ1) is 10.1. The number of carbonyl (C=O) groups excluding carboxylic acids is 1. The van der Waals surface area contributed by atoms with Gasteiger partial charge in [-0.25, -0.2) is 4.39 Å². The van der Waals surface area contributed by atoms with Crippen molar-refractivity contribution in [3.05, 3.63) is 35.6 Å². The molecule has 1 fully saturated rings. The van der Waals surface area contributed by atoms with E-state index in [-0.39, 0.29) is 17.8 Å². The predicted octanol–water partition coefficient (Wildman–Crippen LogP) is 1.10. The lowest BCUT2D eigenvalue weighted by Crippen LogP contribution is -2.46. The number of hydrogen-bond donors (Lipinski definition) is 2. The van der Waals surface area contributed by atoms with Crippen molar-refractivity contribution in [3.8, 4) is 0 Å². The van der Waals surface area contributed by atoms with Gasteiger partial charge >= 0.3 is 0 Å². The number of hydrogen-bond acceptors (Lipinski definition) is 2. The summed E-state index contributed by atoms with van der Waals surface area (Å²) in [5.74, 6) is -0.395. The van der Waals surface area contributed by atoms with Crippen molar-refractivity contribution in [3.63, 3.8) is 0 Å². The molecule has 1 aromatic carbocycles. The maximum atomic E-state index is 12.7. The molecule has 0 radical (unpaired) electrons. The quantitative estimate of drug-likeness (QED) is 0.726. The highest BCUT2D eigenvalue weighted by Crippen LogP contribution is 2.22. The highest BCUT2D eigenvalue weighted by Gasteiger charge is 2.25. The molecular formula is C11H13FN2O. The molecule has 1 saturated heterocycles. The van der Waals surface area contributed by atoms with E-state index < -0.39 is 6.04 Å². The molecule has 0 bridgehead atoms. The van der Waals surface area contributed by atoms with Crippen molar-refractivity contribution < 1.29 is 9.18 Å². The Bertz CT molecular complexity index is 363. The Balaban J connectivity index is 2.12. The molecule has 15 heavy (non-hydrogen) atoms. The van der Waals surface area contributed by atoms with Gasteiger partial charge in [0.15, 0.2) is 0 Å². The van der Waals surface area contributed by atoms with Crippen LogP contribution >= 0.6 is 0 Å². The second kappa shape index (κ2) is 3.98. The number of benzene rings is 1. The first-order valence-corrected chi connectivity index (χ1v) is 4.98. The first-order valence-electron chi connectivity index (χ1n) is 4.98. The first-order chi connectivity index (χ1) is 7.16. The average molecular weight is 208 g/mol. The Morgan fingerprint density at radius 3 is 2.53 bits per heavy atom. The van der Waals surface area contributed by atoms with Crippen molar-refractivity contribution in [1.82, 2.24) is 5.32 Å². The van der Waals surface area contributed by atoms with E-state index in [2.05, 4.69) is 5.32 Å². The maximum Gasteiger partial charge on any atom is 0.237 e. The predicted molar refractivity (Wildman–Crippen MR) is 54.5 cm³/mol. The molecule has 0 aromatic heterocycles. The van der Waals surface area contributed by atoms with Gasteiger partial charge in [0.1, 0.15) is 5.82 Å². The molecule has 1 aliphatic heterocycles. The molecule has 3 nitrogen and oxygen atoms in total. The van der Waals surface area contributed by atoms with Gasteiger partial charge in [0.05, 0.1) is 12.1 Å². The zero-order chi connectivity index (χ0) is 10.8. The molecule has 80 valence electrons. The lowest BCUT2D eigenvalue weighted by atomic mass is 9.95. The molecule has 0 spiro atoms. The molecule has 1 aromatic rings. The molecule has 3 N–H and O–H groups in total. The highest BCUT2D eigenvalue weighted by molar-refractivity contribution is 5.82. The third-order valence-corrected chi connectivity index (χ3v) is 2.69. The van der Waals surface area contributed by atoms with Crippen molar-refractivity contribution >= 4 is 5.91 Å². The number of halogens is 1. The van der Waals surface area contributed by atoms with Crippen LogP contribution < -0.4 is 11.1 Å². The zero-order valence-corrected chi connectivity index (χ0v) is 8.24. The van der Waals surface area contributed by atoms with Crippen LogP contribution in [0.1, 0.15) is 24.4 Å². The van der Waals surface area contributed by atoms with E-state index in [1.165, 1.54) is 12.1 Å². The van der Waals surface area contributed by atoms with Gasteiger partial charge in [-0.1, -0.05) is 12.1 Å². The zero-order valence-electron chi connectivity index (χ0n) is 8.24. The minimum atomic E-state index is -0.401. The number of piperidine rings is 1. The van der Waals surface area contributed by atoms with Crippen molar-refractivity contribution in [2.24, 2.45) is 5.73 Å². The smallest absolute Gasteiger partial charge is 0.237 e. The van der Waals surface area contributed by atoms with E-state index in [9.17, 15) is 9.18 Å². The van der Waals surface area contributed by atoms with Gasteiger partial charge in [-0.05, 0) is 30.5 Å². The minimum Gasteiger partial charge on any atom is -0.348 e. The molecule has 2 rings (SSSR count). The number of carbonyl (C=O) groups is 1. The van der Waals surface area contributed by atoms with E-state index in [4.69, 9.17) is 5.73 Å².